The van der Waals surface area contributed by atoms with E-state index in [1.807, 2.05) is 24.3 Å². The first-order valence-electron chi connectivity index (χ1n) is 6.34. The van der Waals surface area contributed by atoms with E-state index in [-0.39, 0.29) is 11.8 Å². The van der Waals surface area contributed by atoms with Crippen molar-refractivity contribution in [1.82, 2.24) is 0 Å². The Hall–Kier alpha value is -1.42. The minimum absolute atomic E-state index is 0.132. The molecule has 2 aromatic carbocycles. The quantitative estimate of drug-likeness (QED) is 0.771. The molecule has 0 saturated heterocycles. The third-order valence-electron chi connectivity index (χ3n) is 3.42. The van der Waals surface area contributed by atoms with E-state index >= 15 is 0 Å². The van der Waals surface area contributed by atoms with Crippen molar-refractivity contribution in [3.63, 3.8) is 0 Å². The van der Waals surface area contributed by atoms with Crippen LogP contribution >= 0.6 is 34.8 Å². The highest BCUT2D eigenvalue weighted by molar-refractivity contribution is 6.44. The van der Waals surface area contributed by atoms with Crippen molar-refractivity contribution in [2.75, 3.05) is 17.2 Å². The Balaban J connectivity index is 1.84. The molecule has 0 fully saturated rings. The molecule has 0 aliphatic carbocycles. The third-order valence-corrected chi connectivity index (χ3v) is 4.45. The lowest BCUT2D eigenvalue weighted by Crippen LogP contribution is -2.22. The summed E-state index contributed by atoms with van der Waals surface area (Å²) in [6, 6.07) is 10.8. The van der Waals surface area contributed by atoms with Crippen LogP contribution in [0, 0.1) is 0 Å². The molecule has 108 valence electrons. The lowest BCUT2D eigenvalue weighted by atomic mass is 10.0. The molecule has 0 radical (unpaired) electrons. The van der Waals surface area contributed by atoms with Crippen LogP contribution < -0.4 is 10.6 Å². The van der Waals surface area contributed by atoms with Crippen molar-refractivity contribution < 1.29 is 4.79 Å². The molecule has 0 saturated carbocycles. The number of rotatable bonds is 2. The highest BCUT2D eigenvalue weighted by atomic mass is 35.5. The van der Waals surface area contributed by atoms with Gasteiger partial charge in [-0.1, -0.05) is 53.0 Å². The first-order chi connectivity index (χ1) is 10.1. The highest BCUT2D eigenvalue weighted by Gasteiger charge is 2.28. The van der Waals surface area contributed by atoms with Crippen molar-refractivity contribution in [3.05, 3.63) is 57.0 Å². The van der Waals surface area contributed by atoms with Gasteiger partial charge in [0.2, 0.25) is 5.91 Å². The summed E-state index contributed by atoms with van der Waals surface area (Å²) in [5.74, 6) is -0.389. The van der Waals surface area contributed by atoms with Gasteiger partial charge in [-0.15, -0.1) is 0 Å². The van der Waals surface area contributed by atoms with Gasteiger partial charge in [-0.05, 0) is 23.8 Å². The SMILES string of the molecule is O=C(Nc1cc(Cl)c(Cl)cc1Cl)C1CNc2ccccc21. The molecule has 1 aliphatic rings. The fourth-order valence-electron chi connectivity index (χ4n) is 2.36. The Bertz CT molecular complexity index is 718. The average Bonchev–Trinajstić information content (AvgIpc) is 2.88. The number of fused-ring (bicyclic) bond motifs is 1. The van der Waals surface area contributed by atoms with Gasteiger partial charge in [0.15, 0.2) is 0 Å². The summed E-state index contributed by atoms with van der Waals surface area (Å²) in [7, 11) is 0. The van der Waals surface area contributed by atoms with Gasteiger partial charge in [0, 0.05) is 12.2 Å². The number of carbonyl (C=O) groups is 1. The Morgan fingerprint density at radius 2 is 1.81 bits per heavy atom. The fourth-order valence-corrected chi connectivity index (χ4v) is 2.95. The van der Waals surface area contributed by atoms with Gasteiger partial charge in [0.1, 0.15) is 0 Å². The molecule has 6 heteroatoms. The zero-order chi connectivity index (χ0) is 15.0. The summed E-state index contributed by atoms with van der Waals surface area (Å²) < 4.78 is 0. The maximum absolute atomic E-state index is 12.4. The zero-order valence-corrected chi connectivity index (χ0v) is 13.1. The van der Waals surface area contributed by atoms with Gasteiger partial charge in [-0.25, -0.2) is 0 Å². The van der Waals surface area contributed by atoms with E-state index in [1.165, 1.54) is 6.07 Å². The second-order valence-electron chi connectivity index (χ2n) is 4.76. The molecule has 0 aromatic heterocycles. The number of nitrogens with one attached hydrogen (secondary N) is 2. The summed E-state index contributed by atoms with van der Waals surface area (Å²) in [4.78, 5) is 12.4. The minimum atomic E-state index is -0.258. The third kappa shape index (κ3) is 2.82. The van der Waals surface area contributed by atoms with Crippen molar-refractivity contribution in [2.24, 2.45) is 0 Å². The van der Waals surface area contributed by atoms with Gasteiger partial charge in [0.25, 0.3) is 0 Å². The number of benzene rings is 2. The molecule has 21 heavy (non-hydrogen) atoms. The average molecular weight is 342 g/mol. The number of hydrogen-bond donors (Lipinski definition) is 2. The van der Waals surface area contributed by atoms with Crippen LogP contribution in [-0.2, 0) is 4.79 Å². The van der Waals surface area contributed by atoms with Crippen molar-refractivity contribution in [3.8, 4) is 0 Å². The molecular weight excluding hydrogens is 331 g/mol. The Morgan fingerprint density at radius 1 is 1.10 bits per heavy atom. The van der Waals surface area contributed by atoms with Crippen molar-refractivity contribution in [1.29, 1.82) is 0 Å². The number of amides is 1. The largest absolute Gasteiger partial charge is 0.384 e. The fraction of sp³-hybridized carbons (Fsp3) is 0.133. The predicted octanol–water partition coefficient (Wildman–Crippen LogP) is 4.79. The van der Waals surface area contributed by atoms with Gasteiger partial charge >= 0.3 is 0 Å². The summed E-state index contributed by atoms with van der Waals surface area (Å²) in [5, 5.41) is 7.08. The van der Waals surface area contributed by atoms with E-state index in [1.54, 1.807) is 6.07 Å². The summed E-state index contributed by atoms with van der Waals surface area (Å²) in [5.41, 5.74) is 2.42. The van der Waals surface area contributed by atoms with E-state index in [9.17, 15) is 4.79 Å². The minimum Gasteiger partial charge on any atom is -0.384 e. The number of carbonyl (C=O) groups excluding carboxylic acids is 1. The molecule has 1 heterocycles. The van der Waals surface area contributed by atoms with Gasteiger partial charge in [-0.2, -0.15) is 0 Å². The topological polar surface area (TPSA) is 41.1 Å². The van der Waals surface area contributed by atoms with Gasteiger partial charge < -0.3 is 10.6 Å². The maximum atomic E-state index is 12.4. The standard InChI is InChI=1S/C15H11Cl3N2O/c16-10-5-12(18)14(6-11(10)17)20-15(21)9-7-19-13-4-2-1-3-8(9)13/h1-6,9,19H,7H2,(H,20,21). The molecule has 1 unspecified atom stereocenters. The smallest absolute Gasteiger partial charge is 0.233 e. The normalized spacial score (nSPS) is 16.2. The van der Waals surface area contributed by atoms with E-state index in [0.29, 0.717) is 27.3 Å². The van der Waals surface area contributed by atoms with Crippen molar-refractivity contribution >= 4 is 52.1 Å². The van der Waals surface area contributed by atoms with Gasteiger partial charge in [0.05, 0.1) is 26.7 Å². The molecule has 1 aliphatic heterocycles. The Kier molecular flexibility index (Phi) is 3.98. The molecule has 0 spiro atoms. The second kappa shape index (κ2) is 5.76. The van der Waals surface area contributed by atoms with Crippen LogP contribution in [0.25, 0.3) is 0 Å². The molecular formula is C15H11Cl3N2O. The number of halogens is 3. The summed E-state index contributed by atoms with van der Waals surface area (Å²) in [6.07, 6.45) is 0. The van der Waals surface area contributed by atoms with E-state index in [4.69, 9.17) is 34.8 Å². The monoisotopic (exact) mass is 340 g/mol. The molecule has 2 aromatic rings. The Morgan fingerprint density at radius 3 is 2.62 bits per heavy atom. The Labute approximate surface area is 137 Å². The van der Waals surface area contributed by atoms with E-state index in [2.05, 4.69) is 10.6 Å². The lowest BCUT2D eigenvalue weighted by molar-refractivity contribution is -0.117. The van der Waals surface area contributed by atoms with E-state index < -0.39 is 0 Å². The second-order valence-corrected chi connectivity index (χ2v) is 5.98. The summed E-state index contributed by atoms with van der Waals surface area (Å²) in [6.45, 7) is 0.560. The van der Waals surface area contributed by atoms with Crippen LogP contribution in [0.4, 0.5) is 11.4 Å². The number of hydrogen-bond acceptors (Lipinski definition) is 2. The van der Waals surface area contributed by atoms with Crippen LogP contribution in [0.3, 0.4) is 0 Å². The van der Waals surface area contributed by atoms with Crippen molar-refractivity contribution in [2.45, 2.75) is 5.92 Å². The first kappa shape index (κ1) is 14.5. The van der Waals surface area contributed by atoms with Crippen LogP contribution in [0.15, 0.2) is 36.4 Å². The van der Waals surface area contributed by atoms with Gasteiger partial charge in [-0.3, -0.25) is 4.79 Å². The molecule has 1 amide bonds. The molecule has 0 bridgehead atoms. The van der Waals surface area contributed by atoms with Crippen LogP contribution in [0.1, 0.15) is 11.5 Å². The molecule has 1 atom stereocenters. The van der Waals surface area contributed by atoms with E-state index in [0.717, 1.165) is 11.3 Å². The predicted molar refractivity (Wildman–Crippen MR) is 87.8 cm³/mol. The summed E-state index contributed by atoms with van der Waals surface area (Å²) >= 11 is 17.9. The van der Waals surface area contributed by atoms with Crippen LogP contribution in [0.5, 0.6) is 0 Å². The molecule has 3 nitrogen and oxygen atoms in total. The highest BCUT2D eigenvalue weighted by Crippen LogP contribution is 2.35. The molecule has 2 N–H and O–H groups in total. The number of para-hydroxylation sites is 1. The molecule has 3 rings (SSSR count). The number of anilines is 2. The lowest BCUT2D eigenvalue weighted by Gasteiger charge is -2.13. The van der Waals surface area contributed by atoms with Crippen LogP contribution in [-0.4, -0.2) is 12.5 Å². The first-order valence-corrected chi connectivity index (χ1v) is 7.48. The van der Waals surface area contributed by atoms with Crippen LogP contribution in [0.2, 0.25) is 15.1 Å². The zero-order valence-electron chi connectivity index (χ0n) is 10.8. The maximum Gasteiger partial charge on any atom is 0.233 e.